The normalized spacial score (nSPS) is 14.7. The number of aliphatic hydroxyl groups excluding tert-OH is 2. The van der Waals surface area contributed by atoms with Crippen LogP contribution < -0.4 is 10.1 Å². The van der Waals surface area contributed by atoms with Crippen molar-refractivity contribution in [3.8, 4) is 5.75 Å². The molecule has 84 valence electrons. The lowest BCUT2D eigenvalue weighted by Gasteiger charge is -2.18. The maximum Gasteiger partial charge on any atom is 0.119 e. The summed E-state index contributed by atoms with van der Waals surface area (Å²) in [7, 11) is 3.29. The smallest absolute Gasteiger partial charge is 0.119 e. The van der Waals surface area contributed by atoms with E-state index in [1.807, 2.05) is 0 Å². The second-order valence-electron chi connectivity index (χ2n) is 3.35. The highest BCUT2D eigenvalue weighted by atomic mass is 16.5. The minimum Gasteiger partial charge on any atom is -0.497 e. The second-order valence-corrected chi connectivity index (χ2v) is 3.35. The van der Waals surface area contributed by atoms with Gasteiger partial charge in [-0.1, -0.05) is 12.1 Å². The highest BCUT2D eigenvalue weighted by Crippen LogP contribution is 2.21. The van der Waals surface area contributed by atoms with Gasteiger partial charge >= 0.3 is 0 Å². The summed E-state index contributed by atoms with van der Waals surface area (Å²) in [5.41, 5.74) is 0.650. The molecule has 1 aromatic carbocycles. The van der Waals surface area contributed by atoms with Gasteiger partial charge in [-0.05, 0) is 24.7 Å². The molecule has 0 bridgehead atoms. The van der Waals surface area contributed by atoms with Crippen LogP contribution in [0.4, 0.5) is 0 Å². The molecule has 0 radical (unpaired) electrons. The van der Waals surface area contributed by atoms with Gasteiger partial charge in [0.1, 0.15) is 11.9 Å². The van der Waals surface area contributed by atoms with Crippen LogP contribution in [0.3, 0.4) is 0 Å². The Hall–Kier alpha value is -1.10. The van der Waals surface area contributed by atoms with Gasteiger partial charge in [-0.25, -0.2) is 0 Å². The van der Waals surface area contributed by atoms with Gasteiger partial charge in [0.15, 0.2) is 0 Å². The molecule has 0 saturated heterocycles. The lowest BCUT2D eigenvalue weighted by molar-refractivity contribution is 0.0201. The maximum absolute atomic E-state index is 9.79. The van der Waals surface area contributed by atoms with Crippen LogP contribution in [-0.4, -0.2) is 37.0 Å². The van der Waals surface area contributed by atoms with Crippen LogP contribution in [0.2, 0.25) is 0 Å². The molecule has 4 heteroatoms. The number of rotatable bonds is 5. The van der Waals surface area contributed by atoms with Crippen LogP contribution in [0.25, 0.3) is 0 Å². The topological polar surface area (TPSA) is 61.7 Å². The van der Waals surface area contributed by atoms with E-state index in [0.29, 0.717) is 17.9 Å². The molecule has 0 aliphatic carbocycles. The molecule has 0 spiro atoms. The fourth-order valence-electron chi connectivity index (χ4n) is 1.37. The number of hydrogen-bond donors (Lipinski definition) is 3. The maximum atomic E-state index is 9.79. The first-order valence-corrected chi connectivity index (χ1v) is 4.83. The second kappa shape index (κ2) is 5.70. The molecule has 0 heterocycles. The van der Waals surface area contributed by atoms with Gasteiger partial charge in [0.2, 0.25) is 0 Å². The average Bonchev–Trinajstić information content (AvgIpc) is 2.28. The molecule has 0 saturated carbocycles. The van der Waals surface area contributed by atoms with E-state index in [1.165, 1.54) is 0 Å². The zero-order chi connectivity index (χ0) is 11.3. The highest BCUT2D eigenvalue weighted by molar-refractivity contribution is 5.30. The van der Waals surface area contributed by atoms with Gasteiger partial charge in [0, 0.05) is 6.54 Å². The molecule has 1 rings (SSSR count). The van der Waals surface area contributed by atoms with E-state index in [0.717, 1.165) is 0 Å². The standard InChI is InChI=1S/C11H17NO3/c1-12-7-10(13)11(14)8-4-3-5-9(6-8)15-2/h3-6,10-14H,7H2,1-2H3. The minimum atomic E-state index is -0.896. The van der Waals surface area contributed by atoms with E-state index in [9.17, 15) is 10.2 Å². The average molecular weight is 211 g/mol. The first kappa shape index (κ1) is 12.0. The van der Waals surface area contributed by atoms with Gasteiger partial charge in [0.25, 0.3) is 0 Å². The molecule has 0 aliphatic heterocycles. The third-order valence-electron chi connectivity index (χ3n) is 2.21. The number of ether oxygens (including phenoxy) is 1. The van der Waals surface area contributed by atoms with Crippen molar-refractivity contribution in [1.29, 1.82) is 0 Å². The van der Waals surface area contributed by atoms with Gasteiger partial charge < -0.3 is 20.3 Å². The van der Waals surface area contributed by atoms with Crippen LogP contribution in [0.1, 0.15) is 11.7 Å². The van der Waals surface area contributed by atoms with Crippen molar-refractivity contribution >= 4 is 0 Å². The number of methoxy groups -OCH3 is 1. The summed E-state index contributed by atoms with van der Waals surface area (Å²) in [5, 5.41) is 22.2. The van der Waals surface area contributed by atoms with Crippen molar-refractivity contribution in [2.45, 2.75) is 12.2 Å². The summed E-state index contributed by atoms with van der Waals surface area (Å²) in [4.78, 5) is 0. The Balaban J connectivity index is 2.76. The first-order valence-electron chi connectivity index (χ1n) is 4.83. The third-order valence-corrected chi connectivity index (χ3v) is 2.21. The van der Waals surface area contributed by atoms with E-state index >= 15 is 0 Å². The number of hydrogen-bond acceptors (Lipinski definition) is 4. The molecule has 1 aromatic rings. The fraction of sp³-hybridized carbons (Fsp3) is 0.455. The fourth-order valence-corrected chi connectivity index (χ4v) is 1.37. The summed E-state index contributed by atoms with van der Waals surface area (Å²) in [6, 6.07) is 7.04. The third kappa shape index (κ3) is 3.20. The summed E-state index contributed by atoms with van der Waals surface area (Å²) in [6.45, 7) is 0.346. The Labute approximate surface area is 89.5 Å². The monoisotopic (exact) mass is 211 g/mol. The molecular weight excluding hydrogens is 194 g/mol. The van der Waals surface area contributed by atoms with Crippen LogP contribution in [-0.2, 0) is 0 Å². The summed E-state index contributed by atoms with van der Waals surface area (Å²) in [5.74, 6) is 0.670. The summed E-state index contributed by atoms with van der Waals surface area (Å²) >= 11 is 0. The zero-order valence-electron chi connectivity index (χ0n) is 8.97. The van der Waals surface area contributed by atoms with E-state index in [2.05, 4.69) is 5.32 Å². The Morgan fingerprint density at radius 2 is 2.13 bits per heavy atom. The van der Waals surface area contributed by atoms with Crippen LogP contribution >= 0.6 is 0 Å². The van der Waals surface area contributed by atoms with Crippen molar-refractivity contribution in [2.75, 3.05) is 20.7 Å². The number of likely N-dealkylation sites (N-methyl/N-ethyl adjacent to an activating group) is 1. The van der Waals surface area contributed by atoms with Crippen LogP contribution in [0, 0.1) is 0 Å². The Bertz CT molecular complexity index is 304. The Morgan fingerprint density at radius 1 is 1.40 bits per heavy atom. The predicted octanol–water partition coefficient (Wildman–Crippen LogP) is 0.309. The molecule has 3 N–H and O–H groups in total. The molecule has 2 unspecified atom stereocenters. The summed E-state index contributed by atoms with van der Waals surface area (Å²) < 4.78 is 5.04. The lowest BCUT2D eigenvalue weighted by atomic mass is 10.0. The zero-order valence-corrected chi connectivity index (χ0v) is 8.97. The number of nitrogens with one attached hydrogen (secondary N) is 1. The molecule has 0 aliphatic rings. The van der Waals surface area contributed by atoms with Gasteiger partial charge in [-0.3, -0.25) is 0 Å². The molecular formula is C11H17NO3. The van der Waals surface area contributed by atoms with Crippen molar-refractivity contribution in [2.24, 2.45) is 0 Å². The Morgan fingerprint density at radius 3 is 2.73 bits per heavy atom. The van der Waals surface area contributed by atoms with E-state index in [4.69, 9.17) is 4.74 Å². The van der Waals surface area contributed by atoms with Crippen molar-refractivity contribution < 1.29 is 14.9 Å². The van der Waals surface area contributed by atoms with E-state index in [-0.39, 0.29) is 0 Å². The van der Waals surface area contributed by atoms with Crippen molar-refractivity contribution in [3.05, 3.63) is 29.8 Å². The number of benzene rings is 1. The molecule has 0 aromatic heterocycles. The molecule has 4 nitrogen and oxygen atoms in total. The van der Waals surface area contributed by atoms with Gasteiger partial charge in [-0.15, -0.1) is 0 Å². The molecule has 2 atom stereocenters. The quantitative estimate of drug-likeness (QED) is 0.656. The minimum absolute atomic E-state index is 0.346. The predicted molar refractivity (Wildman–Crippen MR) is 57.9 cm³/mol. The summed E-state index contributed by atoms with van der Waals surface area (Å²) in [6.07, 6.45) is -1.71. The van der Waals surface area contributed by atoms with Gasteiger partial charge in [-0.2, -0.15) is 0 Å². The SMILES string of the molecule is CNCC(O)C(O)c1cccc(OC)c1. The van der Waals surface area contributed by atoms with Crippen LogP contribution in [0.5, 0.6) is 5.75 Å². The van der Waals surface area contributed by atoms with Crippen molar-refractivity contribution in [3.63, 3.8) is 0 Å². The molecule has 0 fully saturated rings. The first-order chi connectivity index (χ1) is 7.19. The molecule has 0 amide bonds. The van der Waals surface area contributed by atoms with E-state index in [1.54, 1.807) is 38.4 Å². The van der Waals surface area contributed by atoms with Crippen LogP contribution in [0.15, 0.2) is 24.3 Å². The van der Waals surface area contributed by atoms with Crippen molar-refractivity contribution in [1.82, 2.24) is 5.32 Å². The Kier molecular flexibility index (Phi) is 4.55. The van der Waals surface area contributed by atoms with E-state index < -0.39 is 12.2 Å². The molecule has 15 heavy (non-hydrogen) atoms. The van der Waals surface area contributed by atoms with Gasteiger partial charge in [0.05, 0.1) is 13.2 Å². The largest absolute Gasteiger partial charge is 0.497 e. The number of aliphatic hydroxyl groups is 2. The lowest BCUT2D eigenvalue weighted by Crippen LogP contribution is -2.29. The highest BCUT2D eigenvalue weighted by Gasteiger charge is 2.17.